The number of carboxylic acid groups (broad SMARTS) is 1. The van der Waals surface area contributed by atoms with Gasteiger partial charge in [0.05, 0.1) is 4.90 Å². The van der Waals surface area contributed by atoms with Crippen LogP contribution >= 0.6 is 0 Å². The van der Waals surface area contributed by atoms with Crippen molar-refractivity contribution in [2.24, 2.45) is 0 Å². The molecule has 1 rings (SSSR count). The predicted molar refractivity (Wildman–Crippen MR) is 60.3 cm³/mol. The van der Waals surface area contributed by atoms with Crippen molar-refractivity contribution in [2.45, 2.75) is 17.9 Å². The van der Waals surface area contributed by atoms with Crippen molar-refractivity contribution in [3.63, 3.8) is 0 Å². The third-order valence-corrected chi connectivity index (χ3v) is 3.16. The maximum Gasteiger partial charge on any atom is 0.325 e. The van der Waals surface area contributed by atoms with Crippen molar-refractivity contribution in [1.29, 1.82) is 0 Å². The number of carbonyl (C=O) groups is 1. The van der Waals surface area contributed by atoms with Gasteiger partial charge in [-0.15, -0.1) is 0 Å². The zero-order valence-electron chi connectivity index (χ0n) is 8.97. The third-order valence-electron chi connectivity index (χ3n) is 2.04. The molecule has 0 unspecified atom stereocenters. The molecule has 1 aromatic carbocycles. The zero-order valence-corrected chi connectivity index (χ0v) is 9.78. The van der Waals surface area contributed by atoms with E-state index in [9.17, 15) is 13.2 Å². The number of benzene rings is 1. The summed E-state index contributed by atoms with van der Waals surface area (Å²) >= 11 is 0. The van der Waals surface area contributed by atoms with Crippen LogP contribution in [0, 0.1) is 0 Å². The van der Waals surface area contributed by atoms with E-state index in [1.165, 1.54) is 31.2 Å². The van der Waals surface area contributed by atoms with E-state index in [0.717, 1.165) is 6.26 Å². The first-order chi connectivity index (χ1) is 7.30. The van der Waals surface area contributed by atoms with E-state index in [1.807, 2.05) is 0 Å². The number of nitrogens with one attached hydrogen (secondary N) is 1. The number of aliphatic carboxylic acids is 1. The highest BCUT2D eigenvalue weighted by Gasteiger charge is 2.11. The van der Waals surface area contributed by atoms with Gasteiger partial charge >= 0.3 is 5.97 Å². The summed E-state index contributed by atoms with van der Waals surface area (Å²) in [7, 11) is -3.21. The van der Waals surface area contributed by atoms with Gasteiger partial charge in [0.1, 0.15) is 6.04 Å². The summed E-state index contributed by atoms with van der Waals surface area (Å²) in [6.07, 6.45) is 1.12. The monoisotopic (exact) mass is 243 g/mol. The maximum atomic E-state index is 11.2. The SMILES string of the molecule is C[C@H](Nc1ccc(S(C)(=O)=O)cc1)C(=O)O. The molecule has 5 nitrogen and oxygen atoms in total. The molecule has 6 heteroatoms. The molecule has 0 heterocycles. The molecule has 0 aromatic heterocycles. The number of rotatable bonds is 4. The lowest BCUT2D eigenvalue weighted by Gasteiger charge is -2.10. The highest BCUT2D eigenvalue weighted by atomic mass is 32.2. The van der Waals surface area contributed by atoms with Gasteiger partial charge in [0.2, 0.25) is 0 Å². The molecule has 0 fully saturated rings. The normalized spacial score (nSPS) is 13.1. The van der Waals surface area contributed by atoms with Crippen LogP contribution in [0.2, 0.25) is 0 Å². The minimum absolute atomic E-state index is 0.209. The van der Waals surface area contributed by atoms with E-state index in [1.54, 1.807) is 0 Å². The first-order valence-corrected chi connectivity index (χ1v) is 6.49. The Morgan fingerprint density at radius 1 is 1.31 bits per heavy atom. The average molecular weight is 243 g/mol. The Bertz CT molecular complexity index is 478. The Morgan fingerprint density at radius 2 is 1.81 bits per heavy atom. The van der Waals surface area contributed by atoms with Gasteiger partial charge in [-0.2, -0.15) is 0 Å². The molecule has 0 amide bonds. The van der Waals surface area contributed by atoms with Gasteiger partial charge in [-0.3, -0.25) is 4.79 Å². The second kappa shape index (κ2) is 4.52. The van der Waals surface area contributed by atoms with Crippen molar-refractivity contribution in [1.82, 2.24) is 0 Å². The summed E-state index contributed by atoms with van der Waals surface area (Å²) < 4.78 is 22.3. The topological polar surface area (TPSA) is 83.5 Å². The fraction of sp³-hybridized carbons (Fsp3) is 0.300. The van der Waals surface area contributed by atoms with Crippen LogP contribution in [0.3, 0.4) is 0 Å². The molecule has 0 aliphatic rings. The number of hydrogen-bond donors (Lipinski definition) is 2. The van der Waals surface area contributed by atoms with E-state index >= 15 is 0 Å². The van der Waals surface area contributed by atoms with E-state index in [-0.39, 0.29) is 4.90 Å². The van der Waals surface area contributed by atoms with Gasteiger partial charge in [-0.25, -0.2) is 8.42 Å². The Labute approximate surface area is 94.0 Å². The van der Waals surface area contributed by atoms with Gasteiger partial charge in [0.25, 0.3) is 0 Å². The molecule has 16 heavy (non-hydrogen) atoms. The van der Waals surface area contributed by atoms with Gasteiger partial charge in [0, 0.05) is 11.9 Å². The van der Waals surface area contributed by atoms with Crippen LogP contribution in [-0.2, 0) is 14.6 Å². The molecule has 88 valence electrons. The Hall–Kier alpha value is -1.56. The van der Waals surface area contributed by atoms with E-state index in [2.05, 4.69) is 5.32 Å². The lowest BCUT2D eigenvalue weighted by Crippen LogP contribution is -2.25. The molecule has 1 atom stereocenters. The van der Waals surface area contributed by atoms with Gasteiger partial charge in [0.15, 0.2) is 9.84 Å². The minimum Gasteiger partial charge on any atom is -0.480 e. The lowest BCUT2D eigenvalue weighted by molar-refractivity contribution is -0.137. The van der Waals surface area contributed by atoms with Crippen molar-refractivity contribution in [2.75, 3.05) is 11.6 Å². The van der Waals surface area contributed by atoms with Crippen LogP contribution in [0.1, 0.15) is 6.92 Å². The number of sulfone groups is 1. The molecular formula is C10H13NO4S. The Kier molecular flexibility index (Phi) is 3.54. The van der Waals surface area contributed by atoms with Crippen molar-refractivity contribution in [3.8, 4) is 0 Å². The molecule has 1 aromatic rings. The van der Waals surface area contributed by atoms with Crippen molar-refractivity contribution in [3.05, 3.63) is 24.3 Å². The molecule has 0 radical (unpaired) electrons. The minimum atomic E-state index is -3.21. The number of carboxylic acids is 1. The quantitative estimate of drug-likeness (QED) is 0.823. The Balaban J connectivity index is 2.84. The summed E-state index contributed by atoms with van der Waals surface area (Å²) in [5.41, 5.74) is 0.572. The van der Waals surface area contributed by atoms with Crippen molar-refractivity contribution >= 4 is 21.5 Å². The standard InChI is InChI=1S/C10H13NO4S/c1-7(10(12)13)11-8-3-5-9(6-4-8)16(2,14)15/h3-7,11H,1-2H3,(H,12,13)/t7-/m0/s1. The highest BCUT2D eigenvalue weighted by Crippen LogP contribution is 2.14. The molecule has 2 N–H and O–H groups in total. The molecular weight excluding hydrogens is 230 g/mol. The van der Waals surface area contributed by atoms with Gasteiger partial charge in [-0.1, -0.05) is 0 Å². The number of hydrogen-bond acceptors (Lipinski definition) is 4. The van der Waals surface area contributed by atoms with Gasteiger partial charge < -0.3 is 10.4 Å². The van der Waals surface area contributed by atoms with E-state index in [0.29, 0.717) is 5.69 Å². The molecule has 0 aliphatic heterocycles. The first kappa shape index (κ1) is 12.5. The fourth-order valence-corrected chi connectivity index (χ4v) is 1.74. The third kappa shape index (κ3) is 3.23. The second-order valence-electron chi connectivity index (χ2n) is 3.50. The van der Waals surface area contributed by atoms with E-state index in [4.69, 9.17) is 5.11 Å². The van der Waals surface area contributed by atoms with Crippen LogP contribution in [0.15, 0.2) is 29.2 Å². The highest BCUT2D eigenvalue weighted by molar-refractivity contribution is 7.90. The molecule has 0 bridgehead atoms. The predicted octanol–water partition coefficient (Wildman–Crippen LogP) is 0.975. The second-order valence-corrected chi connectivity index (χ2v) is 5.52. The zero-order chi connectivity index (χ0) is 12.3. The fourth-order valence-electron chi connectivity index (χ4n) is 1.11. The molecule has 0 spiro atoms. The summed E-state index contributed by atoms with van der Waals surface area (Å²) in [4.78, 5) is 10.8. The average Bonchev–Trinajstić information content (AvgIpc) is 2.17. The van der Waals surface area contributed by atoms with Gasteiger partial charge in [-0.05, 0) is 31.2 Å². The summed E-state index contributed by atoms with van der Waals surface area (Å²) in [6.45, 7) is 1.51. The summed E-state index contributed by atoms with van der Waals surface area (Å²) in [6, 6.07) is 5.23. The smallest absolute Gasteiger partial charge is 0.325 e. The Morgan fingerprint density at radius 3 is 2.19 bits per heavy atom. The van der Waals surface area contributed by atoms with Crippen LogP contribution in [-0.4, -0.2) is 31.8 Å². The number of anilines is 1. The van der Waals surface area contributed by atoms with Crippen LogP contribution in [0.5, 0.6) is 0 Å². The summed E-state index contributed by atoms with van der Waals surface area (Å²) in [5, 5.41) is 11.4. The molecule has 0 aliphatic carbocycles. The molecule has 0 saturated carbocycles. The van der Waals surface area contributed by atoms with Crippen molar-refractivity contribution < 1.29 is 18.3 Å². The van der Waals surface area contributed by atoms with E-state index < -0.39 is 21.8 Å². The van der Waals surface area contributed by atoms with Crippen LogP contribution in [0.4, 0.5) is 5.69 Å². The van der Waals surface area contributed by atoms with Crippen LogP contribution in [0.25, 0.3) is 0 Å². The largest absolute Gasteiger partial charge is 0.480 e. The summed E-state index contributed by atoms with van der Waals surface area (Å²) in [5.74, 6) is -0.966. The first-order valence-electron chi connectivity index (χ1n) is 4.60. The molecule has 0 saturated heterocycles. The van der Waals surface area contributed by atoms with Crippen LogP contribution < -0.4 is 5.32 Å². The maximum absolute atomic E-state index is 11.2. The lowest BCUT2D eigenvalue weighted by atomic mass is 10.2.